The highest BCUT2D eigenvalue weighted by molar-refractivity contribution is 7.00. The van der Waals surface area contributed by atoms with Crippen molar-refractivity contribution in [3.8, 4) is 22.5 Å². The van der Waals surface area contributed by atoms with Crippen LogP contribution in [0.4, 0.5) is 0 Å². The molecule has 12 rings (SSSR count). The first-order valence-corrected chi connectivity index (χ1v) is 16.9. The number of hydrogen-bond acceptors (Lipinski definition) is 0. The molecule has 220 valence electrons. The van der Waals surface area contributed by atoms with Crippen LogP contribution in [0.2, 0.25) is 0 Å². The van der Waals surface area contributed by atoms with E-state index < -0.39 is 0 Å². The van der Waals surface area contributed by atoms with Gasteiger partial charge < -0.3 is 9.13 Å². The van der Waals surface area contributed by atoms with Crippen molar-refractivity contribution in [3.63, 3.8) is 0 Å². The molecule has 0 aliphatic carbocycles. The van der Waals surface area contributed by atoms with Crippen molar-refractivity contribution in [3.05, 3.63) is 151 Å². The van der Waals surface area contributed by atoms with Gasteiger partial charge in [0.15, 0.2) is 0 Å². The molecular formula is C45H27BN2. The average molecular weight is 607 g/mol. The number of para-hydroxylation sites is 2. The summed E-state index contributed by atoms with van der Waals surface area (Å²) >= 11 is 0. The minimum absolute atomic E-state index is 0.130. The summed E-state index contributed by atoms with van der Waals surface area (Å²) in [6.45, 7) is 2.36. The maximum atomic E-state index is 2.59. The normalized spacial score (nSPS) is 13.1. The predicted molar refractivity (Wildman–Crippen MR) is 205 cm³/mol. The van der Waals surface area contributed by atoms with Gasteiger partial charge >= 0.3 is 0 Å². The molecular weight excluding hydrogens is 579 g/mol. The van der Waals surface area contributed by atoms with Crippen molar-refractivity contribution in [2.45, 2.75) is 6.92 Å². The van der Waals surface area contributed by atoms with Crippen molar-refractivity contribution in [2.24, 2.45) is 0 Å². The van der Waals surface area contributed by atoms with E-state index in [1.165, 1.54) is 110 Å². The molecule has 2 nitrogen and oxygen atoms in total. The molecule has 0 N–H and O–H groups in total. The maximum Gasteiger partial charge on any atom is 0.252 e. The van der Waals surface area contributed by atoms with Crippen LogP contribution in [0.25, 0.3) is 87.7 Å². The SMILES string of the molecule is Cc1ccccc1-c1cc2c3c(c1)-n1c4cc5ccccc5cc4c4cccc(c41)B3c1cccc3c4cc5ccccc5cc4n-2c13. The lowest BCUT2D eigenvalue weighted by atomic mass is 9.34. The summed E-state index contributed by atoms with van der Waals surface area (Å²) in [5, 5.41) is 10.4. The van der Waals surface area contributed by atoms with Crippen molar-refractivity contribution in [1.29, 1.82) is 0 Å². The molecule has 2 aliphatic heterocycles. The zero-order valence-corrected chi connectivity index (χ0v) is 26.3. The first-order chi connectivity index (χ1) is 23.7. The van der Waals surface area contributed by atoms with Gasteiger partial charge in [0.1, 0.15) is 0 Å². The van der Waals surface area contributed by atoms with Crippen LogP contribution in [0.1, 0.15) is 5.56 Å². The number of benzene rings is 8. The standard InChI is InChI=1S/C45H27BN2/c1-26-10-2-7-15-32(26)31-24-41-43-42(25-31)48-40-23-30-14-6-4-12-28(30)21-36(40)34-17-9-19-38(45(34)48)46(43)37-18-8-16-33-35-20-27-11-3-5-13-29(27)22-39(35)47(41)44(33)37/h2-25H,1H3. The van der Waals surface area contributed by atoms with Crippen molar-refractivity contribution < 1.29 is 0 Å². The van der Waals surface area contributed by atoms with Crippen LogP contribution < -0.4 is 16.4 Å². The molecule has 0 atom stereocenters. The molecule has 0 saturated heterocycles. The lowest BCUT2D eigenvalue weighted by Gasteiger charge is -2.34. The van der Waals surface area contributed by atoms with Gasteiger partial charge in [0.25, 0.3) is 6.71 Å². The summed E-state index contributed by atoms with van der Waals surface area (Å²) in [5.41, 5.74) is 15.8. The zero-order chi connectivity index (χ0) is 31.2. The molecule has 2 aliphatic rings. The minimum atomic E-state index is 0.130. The van der Waals surface area contributed by atoms with Gasteiger partial charge in [-0.2, -0.15) is 0 Å². The third-order valence-electron chi connectivity index (χ3n) is 11.4. The van der Waals surface area contributed by atoms with Crippen LogP contribution in [0.3, 0.4) is 0 Å². The molecule has 0 bridgehead atoms. The Labute approximate surface area is 277 Å². The number of nitrogens with zero attached hydrogens (tertiary/aromatic N) is 2. The summed E-state index contributed by atoms with van der Waals surface area (Å²) in [5.74, 6) is 0. The van der Waals surface area contributed by atoms with E-state index in [-0.39, 0.29) is 6.71 Å². The van der Waals surface area contributed by atoms with E-state index in [4.69, 9.17) is 0 Å². The Bertz CT molecular complexity index is 2900. The Morgan fingerprint density at radius 2 is 0.917 bits per heavy atom. The van der Waals surface area contributed by atoms with E-state index in [0.717, 1.165) is 0 Å². The van der Waals surface area contributed by atoms with E-state index in [0.29, 0.717) is 0 Å². The van der Waals surface area contributed by atoms with Gasteiger partial charge in [0.05, 0.1) is 11.0 Å². The average Bonchev–Trinajstić information content (AvgIpc) is 3.63. The largest absolute Gasteiger partial charge is 0.310 e. The second kappa shape index (κ2) is 8.64. The Balaban J connectivity index is 1.33. The predicted octanol–water partition coefficient (Wildman–Crippen LogP) is 9.31. The zero-order valence-electron chi connectivity index (χ0n) is 26.3. The molecule has 3 heteroatoms. The van der Waals surface area contributed by atoms with E-state index in [1.807, 2.05) is 0 Å². The topological polar surface area (TPSA) is 9.86 Å². The van der Waals surface area contributed by atoms with Crippen LogP contribution in [-0.2, 0) is 0 Å². The van der Waals surface area contributed by atoms with Crippen LogP contribution in [0.15, 0.2) is 146 Å². The van der Waals surface area contributed by atoms with Gasteiger partial charge in [-0.25, -0.2) is 0 Å². The van der Waals surface area contributed by atoms with Gasteiger partial charge in [-0.05, 0) is 97.9 Å². The van der Waals surface area contributed by atoms with Crippen molar-refractivity contribution >= 4 is 88.3 Å². The lowest BCUT2D eigenvalue weighted by Crippen LogP contribution is -2.59. The highest BCUT2D eigenvalue weighted by Gasteiger charge is 2.41. The van der Waals surface area contributed by atoms with E-state index in [9.17, 15) is 0 Å². The second-order valence-corrected chi connectivity index (χ2v) is 13.8. The molecule has 0 unspecified atom stereocenters. The highest BCUT2D eigenvalue weighted by atomic mass is 15.0. The van der Waals surface area contributed by atoms with E-state index in [2.05, 4.69) is 162 Å². The molecule has 4 heterocycles. The number of aromatic nitrogens is 2. The Hall–Kier alpha value is -6.06. The van der Waals surface area contributed by atoms with Crippen LogP contribution >= 0.6 is 0 Å². The smallest absolute Gasteiger partial charge is 0.252 e. The molecule has 0 spiro atoms. The Morgan fingerprint density at radius 3 is 1.44 bits per heavy atom. The molecule has 0 saturated carbocycles. The fourth-order valence-corrected chi connectivity index (χ4v) is 9.34. The monoisotopic (exact) mass is 606 g/mol. The van der Waals surface area contributed by atoms with Gasteiger partial charge in [-0.3, -0.25) is 0 Å². The van der Waals surface area contributed by atoms with Crippen molar-refractivity contribution in [2.75, 3.05) is 0 Å². The fourth-order valence-electron chi connectivity index (χ4n) is 9.34. The molecule has 10 aromatic rings. The summed E-state index contributed by atoms with van der Waals surface area (Å²) < 4.78 is 5.19. The summed E-state index contributed by atoms with van der Waals surface area (Å²) in [6, 6.07) is 55.0. The van der Waals surface area contributed by atoms with Gasteiger partial charge in [0, 0.05) is 44.0 Å². The minimum Gasteiger partial charge on any atom is -0.310 e. The van der Waals surface area contributed by atoms with Crippen LogP contribution in [-0.4, -0.2) is 15.8 Å². The van der Waals surface area contributed by atoms with Crippen LogP contribution in [0, 0.1) is 6.92 Å². The summed E-state index contributed by atoms with van der Waals surface area (Å²) in [7, 11) is 0. The number of aryl methyl sites for hydroxylation is 1. The Kier molecular flexibility index (Phi) is 4.52. The van der Waals surface area contributed by atoms with E-state index in [1.54, 1.807) is 0 Å². The summed E-state index contributed by atoms with van der Waals surface area (Å²) in [6.07, 6.45) is 0. The molecule has 0 radical (unpaired) electrons. The second-order valence-electron chi connectivity index (χ2n) is 13.8. The van der Waals surface area contributed by atoms with Crippen molar-refractivity contribution in [1.82, 2.24) is 9.13 Å². The molecule has 2 aromatic heterocycles. The van der Waals surface area contributed by atoms with E-state index >= 15 is 0 Å². The fraction of sp³-hybridized carbons (Fsp3) is 0.0222. The third kappa shape index (κ3) is 2.97. The van der Waals surface area contributed by atoms with Crippen LogP contribution in [0.5, 0.6) is 0 Å². The number of hydrogen-bond donors (Lipinski definition) is 0. The highest BCUT2D eigenvalue weighted by Crippen LogP contribution is 2.42. The molecule has 0 amide bonds. The first kappa shape index (κ1) is 25.1. The lowest BCUT2D eigenvalue weighted by molar-refractivity contribution is 1.14. The van der Waals surface area contributed by atoms with Gasteiger partial charge in [-0.15, -0.1) is 0 Å². The third-order valence-corrected chi connectivity index (χ3v) is 11.4. The summed E-state index contributed by atoms with van der Waals surface area (Å²) in [4.78, 5) is 0. The molecule has 48 heavy (non-hydrogen) atoms. The number of rotatable bonds is 1. The quantitative estimate of drug-likeness (QED) is 0.165. The van der Waals surface area contributed by atoms with Gasteiger partial charge in [-0.1, -0.05) is 109 Å². The van der Waals surface area contributed by atoms with Gasteiger partial charge in [0.2, 0.25) is 0 Å². The first-order valence-electron chi connectivity index (χ1n) is 16.9. The number of fused-ring (bicyclic) bond motifs is 12. The Morgan fingerprint density at radius 1 is 0.438 bits per heavy atom. The molecule has 0 fully saturated rings. The maximum absolute atomic E-state index is 2.59. The molecule has 8 aromatic carbocycles.